The third-order valence-corrected chi connectivity index (χ3v) is 4.28. The number of ether oxygens (including phenoxy) is 4. The van der Waals surface area contributed by atoms with Gasteiger partial charge in [0.1, 0.15) is 18.1 Å². The second-order valence-electron chi connectivity index (χ2n) is 6.56. The summed E-state index contributed by atoms with van der Waals surface area (Å²) in [6, 6.07) is 12.7. The first-order valence-electron chi connectivity index (χ1n) is 10.5. The minimum atomic E-state index is -0.532. The lowest BCUT2D eigenvalue weighted by Crippen LogP contribution is -2.49. The summed E-state index contributed by atoms with van der Waals surface area (Å²) in [6.07, 6.45) is 0. The van der Waals surface area contributed by atoms with Crippen LogP contribution in [0.15, 0.2) is 48.5 Å². The van der Waals surface area contributed by atoms with Crippen molar-refractivity contribution in [2.75, 3.05) is 33.0 Å². The van der Waals surface area contributed by atoms with Crippen LogP contribution in [0, 0.1) is 0 Å². The summed E-state index contributed by atoms with van der Waals surface area (Å²) >= 11 is 5.03. The largest absolute Gasteiger partial charge is 0.491 e. The normalized spacial score (nSPS) is 10.1. The van der Waals surface area contributed by atoms with Crippen molar-refractivity contribution in [3.05, 3.63) is 59.7 Å². The topological polar surface area (TPSA) is 124 Å². The van der Waals surface area contributed by atoms with Crippen molar-refractivity contribution in [1.82, 2.24) is 16.2 Å². The average Bonchev–Trinajstić information content (AvgIpc) is 2.84. The van der Waals surface area contributed by atoms with Crippen LogP contribution in [0.4, 0.5) is 0 Å². The molecule has 0 saturated heterocycles. The van der Waals surface area contributed by atoms with Gasteiger partial charge < -0.3 is 18.9 Å². The van der Waals surface area contributed by atoms with E-state index in [1.54, 1.807) is 43.3 Å². The third kappa shape index (κ3) is 9.43. The van der Waals surface area contributed by atoms with Gasteiger partial charge in [-0.05, 0) is 68.5 Å². The van der Waals surface area contributed by atoms with Crippen LogP contribution >= 0.6 is 12.2 Å². The molecule has 34 heavy (non-hydrogen) atoms. The number of carbonyl (C=O) groups excluding carboxylic acids is 3. The molecular formula is C23H27N3O7S. The van der Waals surface area contributed by atoms with Gasteiger partial charge in [0.2, 0.25) is 0 Å². The molecule has 2 amide bonds. The van der Waals surface area contributed by atoms with E-state index in [1.165, 1.54) is 12.1 Å². The maximum atomic E-state index is 12.4. The standard InChI is InChI=1S/C23H27N3O7S/c1-3-30-12-13-32-19-7-5-6-17(14-19)21(28)24-23(34)26-25-20(27)15-33-18-10-8-16(9-11-18)22(29)31-4-2/h5-11,14H,3-4,12-13,15H2,1-2H3,(H,25,27)(H2,24,26,28,34). The Morgan fingerprint density at radius 2 is 1.62 bits per heavy atom. The number of hydrazine groups is 1. The van der Waals surface area contributed by atoms with Gasteiger partial charge >= 0.3 is 5.97 Å². The fourth-order valence-corrected chi connectivity index (χ4v) is 2.65. The number of rotatable bonds is 11. The van der Waals surface area contributed by atoms with Crippen molar-refractivity contribution in [3.63, 3.8) is 0 Å². The first-order chi connectivity index (χ1) is 16.4. The second-order valence-corrected chi connectivity index (χ2v) is 6.97. The molecule has 182 valence electrons. The van der Waals surface area contributed by atoms with Gasteiger partial charge in [-0.1, -0.05) is 6.07 Å². The molecule has 3 N–H and O–H groups in total. The van der Waals surface area contributed by atoms with E-state index in [9.17, 15) is 14.4 Å². The summed E-state index contributed by atoms with van der Waals surface area (Å²) in [5, 5.41) is 2.36. The lowest BCUT2D eigenvalue weighted by Gasteiger charge is -2.12. The molecule has 0 heterocycles. The number of hydrogen-bond donors (Lipinski definition) is 3. The highest BCUT2D eigenvalue weighted by Gasteiger charge is 2.11. The van der Waals surface area contributed by atoms with Gasteiger partial charge in [0.15, 0.2) is 11.7 Å². The smallest absolute Gasteiger partial charge is 0.338 e. The molecule has 0 unspecified atom stereocenters. The molecule has 0 bridgehead atoms. The maximum Gasteiger partial charge on any atom is 0.338 e. The van der Waals surface area contributed by atoms with Gasteiger partial charge in [-0.25, -0.2) is 4.79 Å². The number of hydrogen-bond acceptors (Lipinski definition) is 8. The van der Waals surface area contributed by atoms with Crippen LogP contribution in [0.2, 0.25) is 0 Å². The van der Waals surface area contributed by atoms with Crippen LogP contribution in [-0.4, -0.2) is 55.9 Å². The van der Waals surface area contributed by atoms with Crippen LogP contribution in [0.5, 0.6) is 11.5 Å². The zero-order chi connectivity index (χ0) is 24.8. The Balaban J connectivity index is 1.72. The van der Waals surface area contributed by atoms with Crippen molar-refractivity contribution in [3.8, 4) is 11.5 Å². The predicted octanol–water partition coefficient (Wildman–Crippen LogP) is 1.99. The number of nitrogens with one attached hydrogen (secondary N) is 3. The monoisotopic (exact) mass is 489 g/mol. The van der Waals surface area contributed by atoms with E-state index < -0.39 is 17.8 Å². The molecule has 2 rings (SSSR count). The van der Waals surface area contributed by atoms with E-state index >= 15 is 0 Å². The summed E-state index contributed by atoms with van der Waals surface area (Å²) < 4.78 is 21.0. The lowest BCUT2D eigenvalue weighted by atomic mass is 10.2. The number of amides is 2. The minimum Gasteiger partial charge on any atom is -0.491 e. The molecule has 0 aliphatic heterocycles. The van der Waals surface area contributed by atoms with Gasteiger partial charge in [0.05, 0.1) is 18.8 Å². The van der Waals surface area contributed by atoms with Crippen LogP contribution in [0.25, 0.3) is 0 Å². The van der Waals surface area contributed by atoms with Crippen molar-refractivity contribution < 1.29 is 33.3 Å². The quantitative estimate of drug-likeness (QED) is 0.188. The number of thiocarbonyl (C=S) groups is 1. The Kier molecular flexibility index (Phi) is 11.3. The van der Waals surface area contributed by atoms with E-state index in [4.69, 9.17) is 31.2 Å². The summed E-state index contributed by atoms with van der Waals surface area (Å²) in [4.78, 5) is 36.0. The summed E-state index contributed by atoms with van der Waals surface area (Å²) in [5.74, 6) is -0.530. The van der Waals surface area contributed by atoms with Crippen molar-refractivity contribution >= 4 is 35.1 Å². The molecule has 0 aliphatic carbocycles. The third-order valence-electron chi connectivity index (χ3n) is 4.07. The molecule has 0 saturated carbocycles. The molecule has 10 nitrogen and oxygen atoms in total. The zero-order valence-electron chi connectivity index (χ0n) is 18.9. The molecule has 11 heteroatoms. The molecule has 0 aliphatic rings. The Bertz CT molecular complexity index is 983. The van der Waals surface area contributed by atoms with Crippen LogP contribution < -0.4 is 25.6 Å². The van der Waals surface area contributed by atoms with Gasteiger partial charge in [0.25, 0.3) is 11.8 Å². The van der Waals surface area contributed by atoms with Crippen molar-refractivity contribution in [2.24, 2.45) is 0 Å². The Labute approximate surface area is 202 Å². The van der Waals surface area contributed by atoms with Crippen molar-refractivity contribution in [1.29, 1.82) is 0 Å². The molecule has 0 fully saturated rings. The SMILES string of the molecule is CCOCCOc1cccc(C(=O)NC(=S)NNC(=O)COc2ccc(C(=O)OCC)cc2)c1. The molecule has 2 aromatic rings. The highest BCUT2D eigenvalue weighted by molar-refractivity contribution is 7.80. The minimum absolute atomic E-state index is 0.0974. The fraction of sp³-hybridized carbons (Fsp3) is 0.304. The van der Waals surface area contributed by atoms with Gasteiger partial charge in [-0.2, -0.15) is 0 Å². The molecular weight excluding hydrogens is 462 g/mol. The first-order valence-corrected chi connectivity index (χ1v) is 10.9. The van der Waals surface area contributed by atoms with Gasteiger partial charge in [0, 0.05) is 12.2 Å². The molecule has 2 aromatic carbocycles. The van der Waals surface area contributed by atoms with E-state index in [-0.39, 0.29) is 18.3 Å². The van der Waals surface area contributed by atoms with E-state index in [0.717, 1.165) is 0 Å². The predicted molar refractivity (Wildman–Crippen MR) is 128 cm³/mol. The maximum absolute atomic E-state index is 12.4. The molecule has 0 spiro atoms. The highest BCUT2D eigenvalue weighted by atomic mass is 32.1. The van der Waals surface area contributed by atoms with E-state index in [1.807, 2.05) is 6.92 Å². The summed E-state index contributed by atoms with van der Waals surface area (Å²) in [7, 11) is 0. The number of carbonyl (C=O) groups is 3. The van der Waals surface area contributed by atoms with E-state index in [2.05, 4.69) is 16.2 Å². The Morgan fingerprint density at radius 3 is 2.32 bits per heavy atom. The fourth-order valence-electron chi connectivity index (χ4n) is 2.51. The molecule has 0 radical (unpaired) electrons. The second kappa shape index (κ2) is 14.4. The van der Waals surface area contributed by atoms with Crippen LogP contribution in [-0.2, 0) is 14.3 Å². The summed E-state index contributed by atoms with van der Waals surface area (Å²) in [5.41, 5.74) is 5.47. The van der Waals surface area contributed by atoms with Crippen LogP contribution in [0.3, 0.4) is 0 Å². The first kappa shape index (κ1) is 26.6. The van der Waals surface area contributed by atoms with Gasteiger partial charge in [-0.3, -0.25) is 25.8 Å². The Hall–Kier alpha value is -3.70. The zero-order valence-corrected chi connectivity index (χ0v) is 19.7. The number of esters is 1. The summed E-state index contributed by atoms with van der Waals surface area (Å²) in [6.45, 7) is 4.99. The highest BCUT2D eigenvalue weighted by Crippen LogP contribution is 2.14. The lowest BCUT2D eigenvalue weighted by molar-refractivity contribution is -0.123. The molecule has 0 aromatic heterocycles. The van der Waals surface area contributed by atoms with Crippen LogP contribution in [0.1, 0.15) is 34.6 Å². The average molecular weight is 490 g/mol. The van der Waals surface area contributed by atoms with E-state index in [0.29, 0.717) is 42.4 Å². The molecule has 0 atom stereocenters. The van der Waals surface area contributed by atoms with Gasteiger partial charge in [-0.15, -0.1) is 0 Å². The Morgan fingerprint density at radius 1 is 0.853 bits per heavy atom. The number of benzene rings is 2. The van der Waals surface area contributed by atoms with Crippen molar-refractivity contribution in [2.45, 2.75) is 13.8 Å².